The minimum atomic E-state index is 0.569. The smallest absolute Gasteiger partial charge is 0.129 e. The molecule has 0 spiro atoms. The van der Waals surface area contributed by atoms with Gasteiger partial charge in [-0.2, -0.15) is 0 Å². The molecule has 72 valence electrons. The van der Waals surface area contributed by atoms with Crippen LogP contribution in [0.5, 0.6) is 0 Å². The zero-order chi connectivity index (χ0) is 9.84. The molecule has 0 aliphatic carbocycles. The maximum atomic E-state index is 4.30. The molecule has 1 aromatic heterocycles. The van der Waals surface area contributed by atoms with Gasteiger partial charge in [0.25, 0.3) is 0 Å². The summed E-state index contributed by atoms with van der Waals surface area (Å²) in [6.07, 6.45) is 1.87. The van der Waals surface area contributed by atoms with Crippen molar-refractivity contribution in [2.45, 2.75) is 24.2 Å². The summed E-state index contributed by atoms with van der Waals surface area (Å²) in [5, 5.41) is 3.13. The van der Waals surface area contributed by atoms with Crippen molar-refractivity contribution in [3.8, 4) is 0 Å². The summed E-state index contributed by atoms with van der Waals surface area (Å²) < 4.78 is 1.01. The molecule has 0 aliphatic heterocycles. The van der Waals surface area contributed by atoms with Crippen molar-refractivity contribution >= 4 is 28.4 Å². The van der Waals surface area contributed by atoms with Crippen LogP contribution in [0.3, 0.4) is 0 Å². The number of hydrogen-bond acceptors (Lipinski definition) is 2. The number of alkyl halides is 1. The number of halogens is 1. The van der Waals surface area contributed by atoms with Gasteiger partial charge in [-0.15, -0.1) is 0 Å². The van der Waals surface area contributed by atoms with Gasteiger partial charge in [0.1, 0.15) is 5.82 Å². The highest BCUT2D eigenvalue weighted by Gasteiger charge is 2.09. The molecular weight excluding hydrogens is 275 g/mol. The van der Waals surface area contributed by atoms with E-state index in [0.717, 1.165) is 10.2 Å². The topological polar surface area (TPSA) is 24.9 Å². The summed E-state index contributed by atoms with van der Waals surface area (Å²) in [5.41, 5.74) is 2.73. The molecule has 2 nitrogen and oxygen atoms in total. The van der Waals surface area contributed by atoms with Crippen LogP contribution in [0.25, 0.3) is 0 Å². The molecule has 0 fully saturated rings. The highest BCUT2D eigenvalue weighted by atomic mass is 127. The van der Waals surface area contributed by atoms with Crippen LogP contribution in [0.1, 0.15) is 30.9 Å². The number of hydrogen-bond donors (Lipinski definition) is 1. The Balaban J connectivity index is 3.19. The first kappa shape index (κ1) is 10.8. The number of pyridine rings is 1. The van der Waals surface area contributed by atoms with Gasteiger partial charge in [0.15, 0.2) is 0 Å². The van der Waals surface area contributed by atoms with Gasteiger partial charge >= 0.3 is 0 Å². The summed E-state index contributed by atoms with van der Waals surface area (Å²) in [7, 11) is 1.92. The van der Waals surface area contributed by atoms with Crippen molar-refractivity contribution < 1.29 is 0 Å². The molecule has 0 atom stereocenters. The molecule has 1 N–H and O–H groups in total. The molecular formula is C10H15IN2. The van der Waals surface area contributed by atoms with E-state index < -0.39 is 0 Å². The second-order valence-electron chi connectivity index (χ2n) is 3.27. The average Bonchev–Trinajstić information content (AvgIpc) is 2.16. The molecule has 0 radical (unpaired) electrons. The third kappa shape index (κ3) is 2.33. The standard InChI is InChI=1S/C10H15IN2/c1-7(2)8-4-5-13-10(12-3)9(8)6-11/h4-5,7H,6H2,1-3H3,(H,12,13). The first-order valence-electron chi connectivity index (χ1n) is 4.42. The molecule has 0 aromatic carbocycles. The van der Waals surface area contributed by atoms with E-state index in [1.165, 1.54) is 11.1 Å². The van der Waals surface area contributed by atoms with Gasteiger partial charge < -0.3 is 5.32 Å². The first-order valence-corrected chi connectivity index (χ1v) is 5.94. The van der Waals surface area contributed by atoms with Crippen molar-refractivity contribution in [3.05, 3.63) is 23.4 Å². The van der Waals surface area contributed by atoms with Crippen LogP contribution < -0.4 is 5.32 Å². The Labute approximate surface area is 93.3 Å². The van der Waals surface area contributed by atoms with E-state index in [0.29, 0.717) is 5.92 Å². The predicted molar refractivity (Wildman–Crippen MR) is 65.6 cm³/mol. The third-order valence-corrected chi connectivity index (χ3v) is 2.85. The molecule has 0 bridgehead atoms. The van der Waals surface area contributed by atoms with Gasteiger partial charge in [-0.3, -0.25) is 0 Å². The maximum Gasteiger partial charge on any atom is 0.129 e. The molecule has 0 saturated heterocycles. The molecule has 1 rings (SSSR count). The first-order chi connectivity index (χ1) is 6.20. The molecule has 0 saturated carbocycles. The van der Waals surface area contributed by atoms with Crippen molar-refractivity contribution in [1.82, 2.24) is 4.98 Å². The van der Waals surface area contributed by atoms with E-state index in [4.69, 9.17) is 0 Å². The van der Waals surface area contributed by atoms with Gasteiger partial charge in [0, 0.05) is 23.2 Å². The lowest BCUT2D eigenvalue weighted by atomic mass is 9.99. The largest absolute Gasteiger partial charge is 0.373 e. The second-order valence-corrected chi connectivity index (χ2v) is 4.03. The monoisotopic (exact) mass is 290 g/mol. The Morgan fingerprint density at radius 1 is 1.54 bits per heavy atom. The van der Waals surface area contributed by atoms with Gasteiger partial charge in [-0.05, 0) is 17.5 Å². The molecule has 0 unspecified atom stereocenters. The van der Waals surface area contributed by atoms with Gasteiger partial charge in [0.05, 0.1) is 0 Å². The normalized spacial score (nSPS) is 10.5. The lowest BCUT2D eigenvalue weighted by Crippen LogP contribution is -2.02. The molecule has 0 aliphatic rings. The van der Waals surface area contributed by atoms with E-state index in [2.05, 4.69) is 52.8 Å². The zero-order valence-electron chi connectivity index (χ0n) is 8.26. The van der Waals surface area contributed by atoms with E-state index in [1.54, 1.807) is 0 Å². The van der Waals surface area contributed by atoms with Crippen LogP contribution in [0.15, 0.2) is 12.3 Å². The summed E-state index contributed by atoms with van der Waals surface area (Å²) in [4.78, 5) is 4.30. The highest BCUT2D eigenvalue weighted by Crippen LogP contribution is 2.26. The molecule has 3 heteroatoms. The number of nitrogens with one attached hydrogen (secondary N) is 1. The van der Waals surface area contributed by atoms with Crippen molar-refractivity contribution in [2.75, 3.05) is 12.4 Å². The van der Waals surface area contributed by atoms with Crippen molar-refractivity contribution in [2.24, 2.45) is 0 Å². The lowest BCUT2D eigenvalue weighted by Gasteiger charge is -2.13. The third-order valence-electron chi connectivity index (χ3n) is 2.08. The Morgan fingerprint density at radius 3 is 2.69 bits per heavy atom. The quantitative estimate of drug-likeness (QED) is 0.683. The van der Waals surface area contributed by atoms with Gasteiger partial charge in [-0.1, -0.05) is 36.4 Å². The zero-order valence-corrected chi connectivity index (χ0v) is 10.4. The fourth-order valence-electron chi connectivity index (χ4n) is 1.40. The summed E-state index contributed by atoms with van der Waals surface area (Å²) in [5.74, 6) is 1.58. The molecule has 1 aromatic rings. The van der Waals surface area contributed by atoms with E-state index in [1.807, 2.05) is 13.2 Å². The second kappa shape index (κ2) is 4.79. The van der Waals surface area contributed by atoms with Crippen molar-refractivity contribution in [1.29, 1.82) is 0 Å². The fraction of sp³-hybridized carbons (Fsp3) is 0.500. The SMILES string of the molecule is CNc1nccc(C(C)C)c1CI. The van der Waals surface area contributed by atoms with Crippen molar-refractivity contribution in [3.63, 3.8) is 0 Å². The van der Waals surface area contributed by atoms with Crippen LogP contribution in [0, 0.1) is 0 Å². The van der Waals surface area contributed by atoms with Crippen LogP contribution in [0.2, 0.25) is 0 Å². The highest BCUT2D eigenvalue weighted by molar-refractivity contribution is 14.1. The van der Waals surface area contributed by atoms with E-state index in [9.17, 15) is 0 Å². The maximum absolute atomic E-state index is 4.30. The molecule has 13 heavy (non-hydrogen) atoms. The minimum Gasteiger partial charge on any atom is -0.373 e. The number of aromatic nitrogens is 1. The van der Waals surface area contributed by atoms with E-state index in [-0.39, 0.29) is 0 Å². The Bertz CT molecular complexity index is 284. The Kier molecular flexibility index (Phi) is 3.96. The van der Waals surface area contributed by atoms with Gasteiger partial charge in [0.2, 0.25) is 0 Å². The summed E-state index contributed by atoms with van der Waals surface area (Å²) in [6.45, 7) is 4.43. The van der Waals surface area contributed by atoms with Crippen LogP contribution >= 0.6 is 22.6 Å². The lowest BCUT2D eigenvalue weighted by molar-refractivity contribution is 0.852. The fourth-order valence-corrected chi connectivity index (χ4v) is 2.21. The average molecular weight is 290 g/mol. The van der Waals surface area contributed by atoms with Crippen LogP contribution in [-0.4, -0.2) is 12.0 Å². The summed E-state index contributed by atoms with van der Waals surface area (Å²) >= 11 is 2.38. The van der Waals surface area contributed by atoms with Crippen LogP contribution in [0.4, 0.5) is 5.82 Å². The Hall–Kier alpha value is -0.320. The van der Waals surface area contributed by atoms with Gasteiger partial charge in [-0.25, -0.2) is 4.98 Å². The summed E-state index contributed by atoms with van der Waals surface area (Å²) in [6, 6.07) is 2.11. The number of rotatable bonds is 3. The van der Waals surface area contributed by atoms with E-state index >= 15 is 0 Å². The predicted octanol–water partition coefficient (Wildman–Crippen LogP) is 3.18. The molecule has 1 heterocycles. The molecule has 0 amide bonds. The number of nitrogens with zero attached hydrogens (tertiary/aromatic N) is 1. The number of anilines is 1. The van der Waals surface area contributed by atoms with Crippen LogP contribution in [-0.2, 0) is 4.43 Å². The Morgan fingerprint density at radius 2 is 2.23 bits per heavy atom. The minimum absolute atomic E-state index is 0.569.